The molecule has 80 valence electrons. The van der Waals surface area contributed by atoms with Gasteiger partial charge in [0.25, 0.3) is 0 Å². The number of ketones is 1. The van der Waals surface area contributed by atoms with Crippen LogP contribution in [0, 0.1) is 23.5 Å². The van der Waals surface area contributed by atoms with Gasteiger partial charge in [-0.1, -0.05) is 13.0 Å². The topological polar surface area (TPSA) is 17.1 Å². The van der Waals surface area contributed by atoms with Crippen molar-refractivity contribution in [3.8, 4) is 0 Å². The molecule has 1 fully saturated rings. The lowest BCUT2D eigenvalue weighted by Gasteiger charge is -2.03. The summed E-state index contributed by atoms with van der Waals surface area (Å²) in [4.78, 5) is 11.6. The lowest BCUT2D eigenvalue weighted by molar-refractivity contribution is -0.119. The van der Waals surface area contributed by atoms with Crippen LogP contribution in [0.25, 0.3) is 0 Å². The highest BCUT2D eigenvalue weighted by molar-refractivity contribution is 5.85. The van der Waals surface area contributed by atoms with Crippen LogP contribution in [0.3, 0.4) is 0 Å². The van der Waals surface area contributed by atoms with E-state index >= 15 is 0 Å². The monoisotopic (exact) mass is 210 g/mol. The van der Waals surface area contributed by atoms with Crippen LogP contribution in [0.2, 0.25) is 0 Å². The Labute approximate surface area is 87.1 Å². The lowest BCUT2D eigenvalue weighted by Crippen LogP contribution is -2.09. The summed E-state index contributed by atoms with van der Waals surface area (Å²) in [5.74, 6) is -0.906. The average Bonchev–Trinajstić information content (AvgIpc) is 2.89. The van der Waals surface area contributed by atoms with Crippen LogP contribution in [0.1, 0.15) is 18.9 Å². The molecular weight excluding hydrogens is 198 g/mol. The summed E-state index contributed by atoms with van der Waals surface area (Å²) in [6, 6.07) is 3.67. The minimum absolute atomic E-state index is 0.0176. The highest BCUT2D eigenvalue weighted by Crippen LogP contribution is 2.39. The first-order valence-corrected chi connectivity index (χ1v) is 5.05. The molecule has 0 radical (unpaired) electrons. The van der Waals surface area contributed by atoms with E-state index in [0.29, 0.717) is 5.92 Å². The Hall–Kier alpha value is -1.25. The second-order valence-electron chi connectivity index (χ2n) is 4.16. The first-order chi connectivity index (χ1) is 7.09. The van der Waals surface area contributed by atoms with Crippen LogP contribution >= 0.6 is 0 Å². The predicted octanol–water partition coefficient (Wildman–Crippen LogP) is 2.73. The van der Waals surface area contributed by atoms with Gasteiger partial charge < -0.3 is 0 Å². The highest BCUT2D eigenvalue weighted by Gasteiger charge is 2.38. The summed E-state index contributed by atoms with van der Waals surface area (Å²) in [5, 5.41) is 0. The molecule has 3 heteroatoms. The molecule has 2 unspecified atom stereocenters. The van der Waals surface area contributed by atoms with Crippen molar-refractivity contribution in [2.24, 2.45) is 11.8 Å². The molecular formula is C12H12F2O. The molecule has 0 heterocycles. The van der Waals surface area contributed by atoms with E-state index in [9.17, 15) is 13.6 Å². The van der Waals surface area contributed by atoms with Gasteiger partial charge in [-0.25, -0.2) is 8.78 Å². The number of carbonyl (C=O) groups is 1. The zero-order chi connectivity index (χ0) is 11.0. The number of hydrogen-bond donors (Lipinski definition) is 0. The maximum atomic E-state index is 13.2. The van der Waals surface area contributed by atoms with E-state index in [1.54, 1.807) is 0 Å². The fraction of sp³-hybridized carbons (Fsp3) is 0.417. The zero-order valence-electron chi connectivity index (χ0n) is 8.47. The summed E-state index contributed by atoms with van der Waals surface area (Å²) in [6.07, 6.45) is 0.739. The van der Waals surface area contributed by atoms with E-state index in [1.807, 2.05) is 6.92 Å². The SMILES string of the molecule is CC1CC1C(=O)Cc1c(F)cccc1F. The van der Waals surface area contributed by atoms with Crippen LogP contribution in [0.15, 0.2) is 18.2 Å². The molecule has 2 rings (SSSR count). The van der Waals surface area contributed by atoms with E-state index < -0.39 is 11.6 Å². The predicted molar refractivity (Wildman–Crippen MR) is 52.3 cm³/mol. The number of Topliss-reactive ketones (excluding diaryl/α,β-unsaturated/α-hetero) is 1. The number of halogens is 2. The normalized spacial score (nSPS) is 23.9. The van der Waals surface area contributed by atoms with Crippen molar-refractivity contribution < 1.29 is 13.6 Å². The molecule has 1 saturated carbocycles. The quantitative estimate of drug-likeness (QED) is 0.749. The van der Waals surface area contributed by atoms with Crippen LogP contribution < -0.4 is 0 Å². The zero-order valence-corrected chi connectivity index (χ0v) is 8.47. The Morgan fingerprint density at radius 1 is 1.40 bits per heavy atom. The molecule has 0 amide bonds. The summed E-state index contributed by atoms with van der Waals surface area (Å²) < 4.78 is 26.4. The molecule has 1 aromatic rings. The number of carbonyl (C=O) groups excluding carboxylic acids is 1. The van der Waals surface area contributed by atoms with Crippen molar-refractivity contribution in [2.45, 2.75) is 19.8 Å². The molecule has 2 atom stereocenters. The Bertz CT molecular complexity index is 380. The lowest BCUT2D eigenvalue weighted by atomic mass is 10.0. The second kappa shape index (κ2) is 3.72. The van der Waals surface area contributed by atoms with Gasteiger partial charge in [-0.2, -0.15) is 0 Å². The van der Waals surface area contributed by atoms with Gasteiger partial charge in [-0.3, -0.25) is 4.79 Å². The van der Waals surface area contributed by atoms with Crippen LogP contribution in [0.4, 0.5) is 8.78 Å². The first-order valence-electron chi connectivity index (χ1n) is 5.05. The van der Waals surface area contributed by atoms with Gasteiger partial charge in [-0.15, -0.1) is 0 Å². The highest BCUT2D eigenvalue weighted by atomic mass is 19.1. The molecule has 0 aromatic heterocycles. The largest absolute Gasteiger partial charge is 0.299 e. The van der Waals surface area contributed by atoms with Crippen molar-refractivity contribution in [3.05, 3.63) is 35.4 Å². The Balaban J connectivity index is 2.13. The number of hydrogen-bond acceptors (Lipinski definition) is 1. The minimum Gasteiger partial charge on any atom is -0.299 e. The molecule has 1 aromatic carbocycles. The fourth-order valence-corrected chi connectivity index (χ4v) is 1.78. The Kier molecular flexibility index (Phi) is 2.55. The van der Waals surface area contributed by atoms with Gasteiger partial charge in [0.15, 0.2) is 0 Å². The first kappa shape index (κ1) is 10.3. The van der Waals surface area contributed by atoms with Crippen LogP contribution in [-0.4, -0.2) is 5.78 Å². The third kappa shape index (κ3) is 2.06. The molecule has 15 heavy (non-hydrogen) atoms. The van der Waals surface area contributed by atoms with Crippen molar-refractivity contribution in [1.29, 1.82) is 0 Å². The average molecular weight is 210 g/mol. The van der Waals surface area contributed by atoms with Crippen LogP contribution in [-0.2, 0) is 11.2 Å². The smallest absolute Gasteiger partial charge is 0.140 e. The van der Waals surface area contributed by atoms with Gasteiger partial charge >= 0.3 is 0 Å². The van der Waals surface area contributed by atoms with Gasteiger partial charge in [-0.05, 0) is 24.5 Å². The molecule has 0 saturated heterocycles. The number of benzene rings is 1. The van der Waals surface area contributed by atoms with E-state index in [1.165, 1.54) is 18.2 Å². The van der Waals surface area contributed by atoms with Crippen molar-refractivity contribution in [1.82, 2.24) is 0 Å². The van der Waals surface area contributed by atoms with E-state index in [0.717, 1.165) is 6.42 Å². The van der Waals surface area contributed by atoms with E-state index in [-0.39, 0.29) is 23.7 Å². The van der Waals surface area contributed by atoms with Crippen molar-refractivity contribution >= 4 is 5.78 Å². The summed E-state index contributed by atoms with van der Waals surface area (Å²) in [7, 11) is 0. The third-order valence-corrected chi connectivity index (χ3v) is 2.94. The molecule has 1 nitrogen and oxygen atoms in total. The molecule has 0 bridgehead atoms. The van der Waals surface area contributed by atoms with Crippen molar-refractivity contribution in [3.63, 3.8) is 0 Å². The van der Waals surface area contributed by atoms with Crippen molar-refractivity contribution in [2.75, 3.05) is 0 Å². The summed E-state index contributed by atoms with van der Waals surface area (Å²) >= 11 is 0. The molecule has 1 aliphatic rings. The third-order valence-electron chi connectivity index (χ3n) is 2.94. The maximum absolute atomic E-state index is 13.2. The van der Waals surface area contributed by atoms with Gasteiger partial charge in [0.1, 0.15) is 17.4 Å². The summed E-state index contributed by atoms with van der Waals surface area (Å²) in [6.45, 7) is 1.97. The Morgan fingerprint density at radius 3 is 2.40 bits per heavy atom. The minimum atomic E-state index is -0.628. The van der Waals surface area contributed by atoms with Gasteiger partial charge in [0, 0.05) is 17.9 Å². The second-order valence-corrected chi connectivity index (χ2v) is 4.16. The Morgan fingerprint density at radius 2 is 1.93 bits per heavy atom. The molecule has 0 aliphatic heterocycles. The van der Waals surface area contributed by atoms with Gasteiger partial charge in [0.05, 0.1) is 0 Å². The van der Waals surface area contributed by atoms with E-state index in [4.69, 9.17) is 0 Å². The molecule has 1 aliphatic carbocycles. The molecule has 0 spiro atoms. The van der Waals surface area contributed by atoms with E-state index in [2.05, 4.69) is 0 Å². The summed E-state index contributed by atoms with van der Waals surface area (Å²) in [5.41, 5.74) is -0.0957. The fourth-order valence-electron chi connectivity index (χ4n) is 1.78. The standard InChI is InChI=1S/C12H12F2O/c1-7-5-8(7)12(15)6-9-10(13)3-2-4-11(9)14/h2-4,7-8H,5-6H2,1H3. The number of rotatable bonds is 3. The van der Waals surface area contributed by atoms with Crippen LogP contribution in [0.5, 0.6) is 0 Å². The van der Waals surface area contributed by atoms with Gasteiger partial charge in [0.2, 0.25) is 0 Å². The molecule has 0 N–H and O–H groups in total. The maximum Gasteiger partial charge on any atom is 0.140 e.